The summed E-state index contributed by atoms with van der Waals surface area (Å²) < 4.78 is 0. The highest BCUT2D eigenvalue weighted by molar-refractivity contribution is 7.99. The van der Waals surface area contributed by atoms with Crippen LogP contribution in [0.15, 0.2) is 0 Å². The third-order valence-corrected chi connectivity index (χ3v) is 5.60. The minimum atomic E-state index is -0.237. The molecule has 1 amide bonds. The summed E-state index contributed by atoms with van der Waals surface area (Å²) in [5.74, 6) is 1.46. The van der Waals surface area contributed by atoms with Crippen molar-refractivity contribution in [3.05, 3.63) is 0 Å². The molecule has 1 unspecified atom stereocenters. The summed E-state index contributed by atoms with van der Waals surface area (Å²) in [6.45, 7) is 1.35. The molecule has 0 aromatic heterocycles. The number of hydrogen-bond acceptors (Lipinski definition) is 3. The van der Waals surface area contributed by atoms with E-state index in [0.717, 1.165) is 32.2 Å². The van der Waals surface area contributed by atoms with Gasteiger partial charge in [0.25, 0.3) is 0 Å². The van der Waals surface area contributed by atoms with E-state index in [-0.39, 0.29) is 11.3 Å². The number of carbonyl (C=O) groups excluding carboxylic acids is 1. The van der Waals surface area contributed by atoms with Crippen molar-refractivity contribution in [3.8, 4) is 0 Å². The van der Waals surface area contributed by atoms with Crippen LogP contribution >= 0.6 is 11.8 Å². The van der Waals surface area contributed by atoms with Crippen LogP contribution in [0.2, 0.25) is 0 Å². The van der Waals surface area contributed by atoms with Gasteiger partial charge in [0, 0.05) is 18.3 Å². The number of nitrogens with two attached hydrogens (primary N) is 1. The van der Waals surface area contributed by atoms with Crippen LogP contribution in [0.4, 0.5) is 0 Å². The first kappa shape index (κ1) is 13.2. The predicted molar refractivity (Wildman–Crippen MR) is 73.1 cm³/mol. The number of nitrogens with one attached hydrogen (secondary N) is 1. The molecule has 1 aliphatic heterocycles. The van der Waals surface area contributed by atoms with Crippen molar-refractivity contribution in [1.82, 2.24) is 5.32 Å². The van der Waals surface area contributed by atoms with E-state index in [9.17, 15) is 4.79 Å². The lowest BCUT2D eigenvalue weighted by molar-refractivity contribution is -0.130. The molecule has 3 nitrogen and oxygen atoms in total. The summed E-state index contributed by atoms with van der Waals surface area (Å²) in [6.07, 6.45) is 8.17. The molecule has 1 heterocycles. The molecule has 1 atom stereocenters. The van der Waals surface area contributed by atoms with Crippen molar-refractivity contribution in [2.45, 2.75) is 50.2 Å². The number of hydrogen-bond donors (Lipinski definition) is 2. The van der Waals surface area contributed by atoms with E-state index in [1.807, 2.05) is 11.8 Å². The van der Waals surface area contributed by atoms with Gasteiger partial charge in [-0.25, -0.2) is 0 Å². The molecule has 0 aromatic rings. The van der Waals surface area contributed by atoms with E-state index in [4.69, 9.17) is 5.73 Å². The Bertz CT molecular complexity index is 258. The minimum absolute atomic E-state index is 0.212. The fourth-order valence-electron chi connectivity index (χ4n) is 2.94. The summed E-state index contributed by atoms with van der Waals surface area (Å²) in [4.78, 5) is 12.2. The second-order valence-corrected chi connectivity index (χ2v) is 6.80. The molecule has 98 valence electrons. The highest BCUT2D eigenvalue weighted by atomic mass is 32.2. The van der Waals surface area contributed by atoms with E-state index < -0.39 is 0 Å². The first-order chi connectivity index (χ1) is 8.27. The zero-order valence-electron chi connectivity index (χ0n) is 10.5. The lowest BCUT2D eigenvalue weighted by atomic mass is 9.85. The molecule has 1 aliphatic carbocycles. The zero-order chi connectivity index (χ0) is 12.1. The molecule has 1 saturated carbocycles. The first-order valence-electron chi connectivity index (χ1n) is 6.87. The largest absolute Gasteiger partial charge is 0.354 e. The Balaban J connectivity index is 1.79. The van der Waals surface area contributed by atoms with E-state index in [0.29, 0.717) is 11.8 Å². The van der Waals surface area contributed by atoms with Gasteiger partial charge in [0.2, 0.25) is 5.91 Å². The Labute approximate surface area is 108 Å². The zero-order valence-corrected chi connectivity index (χ0v) is 11.4. The van der Waals surface area contributed by atoms with Gasteiger partial charge in [0.15, 0.2) is 0 Å². The fourth-order valence-corrected chi connectivity index (χ4v) is 4.18. The highest BCUT2D eigenvalue weighted by Gasteiger charge is 2.39. The van der Waals surface area contributed by atoms with Crippen molar-refractivity contribution in [1.29, 1.82) is 0 Å². The van der Waals surface area contributed by atoms with Crippen molar-refractivity contribution < 1.29 is 4.79 Å². The second kappa shape index (κ2) is 6.10. The molecule has 1 saturated heterocycles. The van der Waals surface area contributed by atoms with Gasteiger partial charge in [-0.15, -0.1) is 0 Å². The highest BCUT2D eigenvalue weighted by Crippen LogP contribution is 2.37. The van der Waals surface area contributed by atoms with Crippen LogP contribution in [-0.2, 0) is 4.79 Å². The molecule has 17 heavy (non-hydrogen) atoms. The quantitative estimate of drug-likeness (QED) is 0.808. The number of rotatable bonds is 4. The van der Waals surface area contributed by atoms with Crippen molar-refractivity contribution in [2.24, 2.45) is 11.1 Å². The van der Waals surface area contributed by atoms with Gasteiger partial charge in [-0.1, -0.05) is 19.3 Å². The van der Waals surface area contributed by atoms with Gasteiger partial charge in [0.1, 0.15) is 0 Å². The summed E-state index contributed by atoms with van der Waals surface area (Å²) in [5, 5.41) is 3.77. The van der Waals surface area contributed by atoms with Gasteiger partial charge in [-0.05, 0) is 31.4 Å². The van der Waals surface area contributed by atoms with E-state index in [1.165, 1.54) is 25.0 Å². The molecule has 0 bridgehead atoms. The van der Waals surface area contributed by atoms with E-state index in [2.05, 4.69) is 5.32 Å². The molecule has 0 radical (unpaired) electrons. The van der Waals surface area contributed by atoms with Crippen LogP contribution in [0, 0.1) is 5.41 Å². The molecule has 4 heteroatoms. The maximum Gasteiger partial charge on any atom is 0.227 e. The molecular formula is C13H24N2OS. The second-order valence-electron chi connectivity index (χ2n) is 5.39. The maximum absolute atomic E-state index is 12.2. The van der Waals surface area contributed by atoms with Crippen molar-refractivity contribution in [2.75, 3.05) is 18.8 Å². The standard InChI is InChI=1S/C13H24N2OS/c14-10-13(6-2-3-7-13)12(16)15-9-11-5-1-4-8-17-11/h11H,1-10,14H2,(H,15,16). The van der Waals surface area contributed by atoms with E-state index in [1.54, 1.807) is 0 Å². The van der Waals surface area contributed by atoms with Crippen LogP contribution in [-0.4, -0.2) is 30.0 Å². The van der Waals surface area contributed by atoms with Crippen LogP contribution in [0.5, 0.6) is 0 Å². The Hall–Kier alpha value is -0.220. The van der Waals surface area contributed by atoms with Gasteiger partial charge in [-0.3, -0.25) is 4.79 Å². The van der Waals surface area contributed by atoms with Gasteiger partial charge < -0.3 is 11.1 Å². The van der Waals surface area contributed by atoms with Gasteiger partial charge in [0.05, 0.1) is 5.41 Å². The Morgan fingerprint density at radius 1 is 1.29 bits per heavy atom. The molecule has 2 fully saturated rings. The van der Waals surface area contributed by atoms with E-state index >= 15 is 0 Å². The Morgan fingerprint density at radius 3 is 2.65 bits per heavy atom. The van der Waals surface area contributed by atoms with Crippen LogP contribution < -0.4 is 11.1 Å². The average molecular weight is 256 g/mol. The molecule has 0 spiro atoms. The SMILES string of the molecule is NCC1(C(=O)NCC2CCCCS2)CCCC1. The molecular weight excluding hydrogens is 232 g/mol. The molecule has 0 aromatic carbocycles. The molecule has 2 aliphatic rings. The monoisotopic (exact) mass is 256 g/mol. The lowest BCUT2D eigenvalue weighted by Gasteiger charge is -2.28. The van der Waals surface area contributed by atoms with Gasteiger partial charge >= 0.3 is 0 Å². The average Bonchev–Trinajstić information content (AvgIpc) is 2.87. The summed E-state index contributed by atoms with van der Waals surface area (Å²) in [7, 11) is 0. The maximum atomic E-state index is 12.2. The third-order valence-electron chi connectivity index (χ3n) is 4.20. The fraction of sp³-hybridized carbons (Fsp3) is 0.923. The Morgan fingerprint density at radius 2 is 2.06 bits per heavy atom. The lowest BCUT2D eigenvalue weighted by Crippen LogP contribution is -2.46. The molecule has 3 N–H and O–H groups in total. The smallest absolute Gasteiger partial charge is 0.227 e. The first-order valence-corrected chi connectivity index (χ1v) is 7.92. The van der Waals surface area contributed by atoms with Gasteiger partial charge in [-0.2, -0.15) is 11.8 Å². The number of carbonyl (C=O) groups is 1. The van der Waals surface area contributed by atoms with Crippen LogP contribution in [0.1, 0.15) is 44.9 Å². The van der Waals surface area contributed by atoms with Crippen molar-refractivity contribution in [3.63, 3.8) is 0 Å². The summed E-state index contributed by atoms with van der Waals surface area (Å²) in [5.41, 5.74) is 5.58. The summed E-state index contributed by atoms with van der Waals surface area (Å²) >= 11 is 2.01. The number of thioether (sulfide) groups is 1. The van der Waals surface area contributed by atoms with Crippen LogP contribution in [0.3, 0.4) is 0 Å². The minimum Gasteiger partial charge on any atom is -0.354 e. The molecule has 2 rings (SSSR count). The van der Waals surface area contributed by atoms with Crippen molar-refractivity contribution >= 4 is 17.7 Å². The third kappa shape index (κ3) is 3.16. The summed E-state index contributed by atoms with van der Waals surface area (Å²) in [6, 6.07) is 0. The predicted octanol–water partition coefficient (Wildman–Crippen LogP) is 1.91. The normalized spacial score (nSPS) is 27.9. The topological polar surface area (TPSA) is 55.1 Å². The number of amides is 1. The van der Waals surface area contributed by atoms with Crippen LogP contribution in [0.25, 0.3) is 0 Å². The Kier molecular flexibility index (Phi) is 4.74.